The highest BCUT2D eigenvalue weighted by Gasteiger charge is 2.17. The van der Waals surface area contributed by atoms with Crippen LogP contribution in [0.5, 0.6) is 0 Å². The molecule has 2 rings (SSSR count). The molecule has 2 N–H and O–H groups in total. The van der Waals surface area contributed by atoms with Gasteiger partial charge in [0.2, 0.25) is 5.91 Å². The van der Waals surface area contributed by atoms with Gasteiger partial charge in [-0.05, 0) is 26.3 Å². The predicted octanol–water partition coefficient (Wildman–Crippen LogP) is 1.21. The molecule has 1 fully saturated rings. The van der Waals surface area contributed by atoms with E-state index < -0.39 is 0 Å². The van der Waals surface area contributed by atoms with Crippen LogP contribution >= 0.6 is 11.3 Å². The maximum atomic E-state index is 11.6. The van der Waals surface area contributed by atoms with Crippen molar-refractivity contribution in [1.29, 1.82) is 0 Å². The molecule has 88 valence electrons. The van der Waals surface area contributed by atoms with Crippen molar-refractivity contribution in [1.82, 2.24) is 15.6 Å². The maximum absolute atomic E-state index is 11.6. The number of rotatable bonds is 4. The summed E-state index contributed by atoms with van der Waals surface area (Å²) in [6, 6.07) is 0.372. The minimum Gasteiger partial charge on any atom is -0.350 e. The van der Waals surface area contributed by atoms with Gasteiger partial charge in [-0.25, -0.2) is 4.98 Å². The van der Waals surface area contributed by atoms with Crippen molar-refractivity contribution in [2.75, 3.05) is 6.54 Å². The fraction of sp³-hybridized carbons (Fsp3) is 0.636. The standard InChI is InChI=1S/C11H17N3OS/c1-8-14-10(7-16-8)6-13-11(15)5-9-3-2-4-12-9/h7,9,12H,2-6H2,1H3,(H,13,15). The van der Waals surface area contributed by atoms with Crippen LogP contribution in [0.1, 0.15) is 30.0 Å². The lowest BCUT2D eigenvalue weighted by Crippen LogP contribution is -2.31. The van der Waals surface area contributed by atoms with E-state index in [0.717, 1.165) is 23.7 Å². The number of carbonyl (C=O) groups excluding carboxylic acids is 1. The Bertz CT molecular complexity index is 358. The number of hydrogen-bond acceptors (Lipinski definition) is 4. The molecule has 1 atom stereocenters. The second-order valence-electron chi connectivity index (χ2n) is 4.13. The van der Waals surface area contributed by atoms with Crippen molar-refractivity contribution >= 4 is 17.2 Å². The summed E-state index contributed by atoms with van der Waals surface area (Å²) in [7, 11) is 0. The highest BCUT2D eigenvalue weighted by atomic mass is 32.1. The van der Waals surface area contributed by atoms with Gasteiger partial charge in [0, 0.05) is 17.8 Å². The van der Waals surface area contributed by atoms with Crippen LogP contribution in [0.25, 0.3) is 0 Å². The number of carbonyl (C=O) groups is 1. The molecule has 1 saturated heterocycles. The van der Waals surface area contributed by atoms with Gasteiger partial charge in [0.1, 0.15) is 0 Å². The van der Waals surface area contributed by atoms with E-state index in [1.807, 2.05) is 12.3 Å². The monoisotopic (exact) mass is 239 g/mol. The summed E-state index contributed by atoms with van der Waals surface area (Å²) in [4.78, 5) is 15.9. The van der Waals surface area contributed by atoms with E-state index in [1.165, 1.54) is 6.42 Å². The molecule has 5 heteroatoms. The third-order valence-corrected chi connectivity index (χ3v) is 3.55. The molecule has 1 unspecified atom stereocenters. The van der Waals surface area contributed by atoms with Crippen molar-refractivity contribution in [3.8, 4) is 0 Å². The van der Waals surface area contributed by atoms with Crippen molar-refractivity contribution in [3.63, 3.8) is 0 Å². The molecule has 0 radical (unpaired) electrons. The minimum absolute atomic E-state index is 0.116. The van der Waals surface area contributed by atoms with E-state index in [0.29, 0.717) is 19.0 Å². The molecule has 4 nitrogen and oxygen atoms in total. The van der Waals surface area contributed by atoms with Crippen molar-refractivity contribution in [3.05, 3.63) is 16.1 Å². The first-order valence-corrected chi connectivity index (χ1v) is 6.53. The first-order valence-electron chi connectivity index (χ1n) is 5.65. The Hall–Kier alpha value is -0.940. The molecule has 1 aliphatic rings. The number of nitrogens with one attached hydrogen (secondary N) is 2. The second kappa shape index (κ2) is 5.41. The zero-order chi connectivity index (χ0) is 11.4. The van der Waals surface area contributed by atoms with E-state index >= 15 is 0 Å². The summed E-state index contributed by atoms with van der Waals surface area (Å²) < 4.78 is 0. The van der Waals surface area contributed by atoms with Crippen LogP contribution in [0.15, 0.2) is 5.38 Å². The van der Waals surface area contributed by atoms with E-state index in [4.69, 9.17) is 0 Å². The number of amides is 1. The molecular weight excluding hydrogens is 222 g/mol. The van der Waals surface area contributed by atoms with Gasteiger partial charge in [0.25, 0.3) is 0 Å². The van der Waals surface area contributed by atoms with Crippen molar-refractivity contribution in [2.45, 2.75) is 38.8 Å². The summed E-state index contributed by atoms with van der Waals surface area (Å²) in [6.45, 7) is 3.57. The van der Waals surface area contributed by atoms with Crippen LogP contribution < -0.4 is 10.6 Å². The van der Waals surface area contributed by atoms with E-state index in [1.54, 1.807) is 11.3 Å². The van der Waals surface area contributed by atoms with Crippen LogP contribution in [-0.4, -0.2) is 23.5 Å². The smallest absolute Gasteiger partial charge is 0.221 e. The minimum atomic E-state index is 0.116. The lowest BCUT2D eigenvalue weighted by Gasteiger charge is -2.09. The molecule has 2 heterocycles. The van der Waals surface area contributed by atoms with Gasteiger partial charge in [-0.2, -0.15) is 0 Å². The molecule has 0 aromatic carbocycles. The molecule has 0 saturated carbocycles. The molecular formula is C11H17N3OS. The van der Waals surface area contributed by atoms with Crippen LogP contribution in [-0.2, 0) is 11.3 Å². The maximum Gasteiger partial charge on any atom is 0.221 e. The second-order valence-corrected chi connectivity index (χ2v) is 5.19. The molecule has 0 aliphatic carbocycles. The molecule has 1 amide bonds. The van der Waals surface area contributed by atoms with Crippen molar-refractivity contribution in [2.24, 2.45) is 0 Å². The molecule has 1 aliphatic heterocycles. The van der Waals surface area contributed by atoms with E-state index in [-0.39, 0.29) is 5.91 Å². The summed E-state index contributed by atoms with van der Waals surface area (Å²) in [5.74, 6) is 0.116. The summed E-state index contributed by atoms with van der Waals surface area (Å²) in [5.41, 5.74) is 0.954. The highest BCUT2D eigenvalue weighted by Crippen LogP contribution is 2.09. The number of aromatic nitrogens is 1. The van der Waals surface area contributed by atoms with E-state index in [2.05, 4.69) is 15.6 Å². The van der Waals surface area contributed by atoms with Crippen LogP contribution in [0, 0.1) is 6.92 Å². The number of nitrogens with zero attached hydrogens (tertiary/aromatic N) is 1. The molecule has 1 aromatic rings. The number of aryl methyl sites for hydroxylation is 1. The number of thiazole rings is 1. The first-order chi connectivity index (χ1) is 7.74. The Balaban J connectivity index is 1.71. The third-order valence-electron chi connectivity index (χ3n) is 2.73. The van der Waals surface area contributed by atoms with E-state index in [9.17, 15) is 4.79 Å². The van der Waals surface area contributed by atoms with Crippen LogP contribution in [0.4, 0.5) is 0 Å². The van der Waals surface area contributed by atoms with Crippen LogP contribution in [0.3, 0.4) is 0 Å². The van der Waals surface area contributed by atoms with Gasteiger partial charge in [-0.3, -0.25) is 4.79 Å². The lowest BCUT2D eigenvalue weighted by atomic mass is 10.1. The summed E-state index contributed by atoms with van der Waals surface area (Å²) >= 11 is 1.61. The Kier molecular flexibility index (Phi) is 3.90. The topological polar surface area (TPSA) is 54.0 Å². The average molecular weight is 239 g/mol. The average Bonchev–Trinajstić information content (AvgIpc) is 2.87. The van der Waals surface area contributed by atoms with Crippen molar-refractivity contribution < 1.29 is 4.79 Å². The van der Waals surface area contributed by atoms with Crippen LogP contribution in [0.2, 0.25) is 0 Å². The largest absolute Gasteiger partial charge is 0.350 e. The fourth-order valence-electron chi connectivity index (χ4n) is 1.91. The Morgan fingerprint density at radius 3 is 3.25 bits per heavy atom. The van der Waals surface area contributed by atoms with Gasteiger partial charge in [-0.15, -0.1) is 11.3 Å². The zero-order valence-electron chi connectivity index (χ0n) is 9.45. The van der Waals surface area contributed by atoms with Gasteiger partial charge in [-0.1, -0.05) is 0 Å². The molecule has 0 spiro atoms. The Morgan fingerprint density at radius 1 is 1.75 bits per heavy atom. The molecule has 1 aromatic heterocycles. The SMILES string of the molecule is Cc1nc(CNC(=O)CC2CCCN2)cs1. The third kappa shape index (κ3) is 3.28. The van der Waals surface area contributed by atoms with Gasteiger partial charge >= 0.3 is 0 Å². The quantitative estimate of drug-likeness (QED) is 0.830. The highest BCUT2D eigenvalue weighted by molar-refractivity contribution is 7.09. The molecule has 16 heavy (non-hydrogen) atoms. The van der Waals surface area contributed by atoms with Gasteiger partial charge < -0.3 is 10.6 Å². The molecule has 0 bridgehead atoms. The lowest BCUT2D eigenvalue weighted by molar-refractivity contribution is -0.121. The van der Waals surface area contributed by atoms with Gasteiger partial charge in [0.05, 0.1) is 17.2 Å². The zero-order valence-corrected chi connectivity index (χ0v) is 10.3. The first kappa shape index (κ1) is 11.5. The predicted molar refractivity (Wildman–Crippen MR) is 64.3 cm³/mol. The van der Waals surface area contributed by atoms with Gasteiger partial charge in [0.15, 0.2) is 0 Å². The summed E-state index contributed by atoms with van der Waals surface area (Å²) in [6.07, 6.45) is 2.88. The Labute approximate surface area is 99.5 Å². The summed E-state index contributed by atoms with van der Waals surface area (Å²) in [5, 5.41) is 9.25. The number of hydrogen-bond donors (Lipinski definition) is 2. The fourth-order valence-corrected chi connectivity index (χ4v) is 2.52. The Morgan fingerprint density at radius 2 is 2.62 bits per heavy atom. The normalized spacial score (nSPS) is 19.9.